The number of nitrogens with one attached hydrogen (secondary N) is 2. The Hall–Kier alpha value is -0.810. The van der Waals surface area contributed by atoms with Gasteiger partial charge in [0.05, 0.1) is 0 Å². The van der Waals surface area contributed by atoms with E-state index in [4.69, 9.17) is 0 Å². The average molecular weight is 311 g/mol. The van der Waals surface area contributed by atoms with Crippen LogP contribution < -0.4 is 10.6 Å². The van der Waals surface area contributed by atoms with Gasteiger partial charge in [-0.3, -0.25) is 0 Å². The summed E-state index contributed by atoms with van der Waals surface area (Å²) in [5.41, 5.74) is 0.640. The molecule has 0 radical (unpaired) electrons. The van der Waals surface area contributed by atoms with Crippen LogP contribution in [0.25, 0.3) is 0 Å². The second-order valence-electron chi connectivity index (χ2n) is 6.61. The number of aromatic nitrogens is 1. The van der Waals surface area contributed by atoms with Crippen molar-refractivity contribution < 1.29 is 4.39 Å². The van der Waals surface area contributed by atoms with E-state index in [2.05, 4.69) is 36.4 Å². The van der Waals surface area contributed by atoms with Crippen molar-refractivity contribution in [2.24, 2.45) is 0 Å². The summed E-state index contributed by atoms with van der Waals surface area (Å²) in [6, 6.07) is 1.74. The van der Waals surface area contributed by atoms with Crippen LogP contribution in [-0.4, -0.2) is 28.1 Å². The van der Waals surface area contributed by atoms with Crippen LogP contribution in [0, 0.1) is 5.82 Å². The van der Waals surface area contributed by atoms with Crippen LogP contribution in [0.3, 0.4) is 0 Å². The van der Waals surface area contributed by atoms with Crippen molar-refractivity contribution >= 4 is 17.6 Å². The largest absolute Gasteiger partial charge is 0.367 e. The van der Waals surface area contributed by atoms with Gasteiger partial charge in [-0.05, 0) is 45.4 Å². The quantitative estimate of drug-likeness (QED) is 0.867. The summed E-state index contributed by atoms with van der Waals surface area (Å²) >= 11 is 1.98. The molecule has 1 saturated heterocycles. The molecule has 1 aliphatic rings. The van der Waals surface area contributed by atoms with Gasteiger partial charge in [0, 0.05) is 35.6 Å². The molecule has 1 fully saturated rings. The predicted octanol–water partition coefficient (Wildman–Crippen LogP) is 3.81. The summed E-state index contributed by atoms with van der Waals surface area (Å²) in [7, 11) is 0. The van der Waals surface area contributed by atoms with Gasteiger partial charge in [0.2, 0.25) is 0 Å². The molecule has 1 unspecified atom stereocenters. The molecule has 5 heteroatoms. The lowest BCUT2D eigenvalue weighted by atomic mass is 10.1. The van der Waals surface area contributed by atoms with Gasteiger partial charge in [0.1, 0.15) is 0 Å². The Labute approximate surface area is 131 Å². The maximum atomic E-state index is 14.4. The molecule has 1 aliphatic heterocycles. The number of hydrogen-bond acceptors (Lipinski definition) is 4. The first-order valence-corrected chi connectivity index (χ1v) is 8.74. The van der Waals surface area contributed by atoms with Crippen molar-refractivity contribution in [3.63, 3.8) is 0 Å². The smallest absolute Gasteiger partial charge is 0.169 e. The molecule has 2 rings (SSSR count). The lowest BCUT2D eigenvalue weighted by molar-refractivity contribution is 0.418. The van der Waals surface area contributed by atoms with Crippen molar-refractivity contribution in [2.75, 3.05) is 17.6 Å². The van der Waals surface area contributed by atoms with Crippen molar-refractivity contribution in [1.82, 2.24) is 10.3 Å². The Morgan fingerprint density at radius 1 is 1.38 bits per heavy atom. The third-order valence-corrected chi connectivity index (χ3v) is 4.95. The van der Waals surface area contributed by atoms with Gasteiger partial charge in [-0.15, -0.1) is 0 Å². The number of hydrogen-bond donors (Lipinski definition) is 2. The zero-order chi connectivity index (χ0) is 15.3. The average Bonchev–Trinajstić information content (AvgIpc) is 2.45. The van der Waals surface area contributed by atoms with E-state index in [0.29, 0.717) is 23.2 Å². The van der Waals surface area contributed by atoms with Crippen LogP contribution >= 0.6 is 11.8 Å². The summed E-state index contributed by atoms with van der Waals surface area (Å²) in [6.45, 7) is 7.54. The molecular weight excluding hydrogens is 285 g/mol. The van der Waals surface area contributed by atoms with Crippen LogP contribution in [0.1, 0.15) is 45.6 Å². The van der Waals surface area contributed by atoms with Gasteiger partial charge in [0.15, 0.2) is 11.6 Å². The molecule has 0 saturated carbocycles. The highest BCUT2D eigenvalue weighted by Gasteiger charge is 2.16. The van der Waals surface area contributed by atoms with E-state index in [9.17, 15) is 4.39 Å². The van der Waals surface area contributed by atoms with Crippen molar-refractivity contribution in [1.29, 1.82) is 0 Å². The van der Waals surface area contributed by atoms with Crippen molar-refractivity contribution in [2.45, 2.75) is 57.4 Å². The first kappa shape index (κ1) is 16.6. The van der Waals surface area contributed by atoms with E-state index >= 15 is 0 Å². The maximum absolute atomic E-state index is 14.4. The number of pyridine rings is 1. The Balaban J connectivity index is 1.93. The molecule has 0 spiro atoms. The Kier molecular flexibility index (Phi) is 5.88. The first-order chi connectivity index (χ1) is 9.96. The number of halogens is 1. The Morgan fingerprint density at radius 3 is 2.86 bits per heavy atom. The SMILES string of the molecule is CC(C)(C)NCc1ccnc(NCC2CCCCS2)c1F. The van der Waals surface area contributed by atoms with Crippen LogP contribution in [0.4, 0.5) is 10.2 Å². The third kappa shape index (κ3) is 5.47. The summed E-state index contributed by atoms with van der Waals surface area (Å²) in [5.74, 6) is 1.38. The number of thioether (sulfide) groups is 1. The summed E-state index contributed by atoms with van der Waals surface area (Å²) < 4.78 is 14.4. The molecule has 2 heterocycles. The molecule has 1 atom stereocenters. The molecular formula is C16H26FN3S. The third-order valence-electron chi connectivity index (χ3n) is 3.55. The maximum Gasteiger partial charge on any atom is 0.169 e. The zero-order valence-electron chi connectivity index (χ0n) is 13.2. The van der Waals surface area contributed by atoms with Crippen molar-refractivity contribution in [3.05, 3.63) is 23.6 Å². The Morgan fingerprint density at radius 2 is 2.19 bits per heavy atom. The molecule has 3 nitrogen and oxygen atoms in total. The van der Waals surface area contributed by atoms with E-state index in [1.165, 1.54) is 25.0 Å². The van der Waals surface area contributed by atoms with E-state index in [0.717, 1.165) is 6.54 Å². The summed E-state index contributed by atoms with van der Waals surface area (Å²) in [6.07, 6.45) is 5.48. The Bertz CT molecular complexity index is 453. The van der Waals surface area contributed by atoms with Gasteiger partial charge >= 0.3 is 0 Å². The highest BCUT2D eigenvalue weighted by molar-refractivity contribution is 7.99. The second kappa shape index (κ2) is 7.45. The molecule has 0 aliphatic carbocycles. The van der Waals surface area contributed by atoms with Gasteiger partial charge in [-0.25, -0.2) is 9.37 Å². The molecule has 0 aromatic carbocycles. The fourth-order valence-electron chi connectivity index (χ4n) is 2.28. The molecule has 118 valence electrons. The molecule has 0 bridgehead atoms. The zero-order valence-corrected chi connectivity index (χ0v) is 14.0. The number of rotatable bonds is 5. The van der Waals surface area contributed by atoms with E-state index < -0.39 is 0 Å². The highest BCUT2D eigenvalue weighted by atomic mass is 32.2. The molecule has 2 N–H and O–H groups in total. The molecule has 1 aromatic rings. The fraction of sp³-hybridized carbons (Fsp3) is 0.688. The minimum atomic E-state index is -0.227. The second-order valence-corrected chi connectivity index (χ2v) is 8.01. The standard InChI is InChI=1S/C16H26FN3S/c1-16(2,3)20-10-12-7-8-18-15(14(12)17)19-11-13-6-4-5-9-21-13/h7-8,13,20H,4-6,9-11H2,1-3H3,(H,18,19). The van der Waals surface area contributed by atoms with E-state index in [1.807, 2.05) is 11.8 Å². The van der Waals surface area contributed by atoms with Gasteiger partial charge in [-0.2, -0.15) is 11.8 Å². The first-order valence-electron chi connectivity index (χ1n) is 7.69. The normalized spacial score (nSPS) is 19.5. The fourth-order valence-corrected chi connectivity index (χ4v) is 3.52. The van der Waals surface area contributed by atoms with Crippen LogP contribution in [0.2, 0.25) is 0 Å². The van der Waals surface area contributed by atoms with Gasteiger partial charge in [0.25, 0.3) is 0 Å². The molecule has 21 heavy (non-hydrogen) atoms. The number of nitrogens with zero attached hydrogens (tertiary/aromatic N) is 1. The lowest BCUT2D eigenvalue weighted by Crippen LogP contribution is -2.35. The summed E-state index contributed by atoms with van der Waals surface area (Å²) in [4.78, 5) is 4.14. The van der Waals surface area contributed by atoms with Crippen molar-refractivity contribution in [3.8, 4) is 0 Å². The molecule has 1 aromatic heterocycles. The highest BCUT2D eigenvalue weighted by Crippen LogP contribution is 2.25. The summed E-state index contributed by atoms with van der Waals surface area (Å²) in [5, 5.41) is 7.08. The monoisotopic (exact) mass is 311 g/mol. The minimum Gasteiger partial charge on any atom is -0.367 e. The van der Waals surface area contributed by atoms with Crippen LogP contribution in [0.5, 0.6) is 0 Å². The topological polar surface area (TPSA) is 37.0 Å². The van der Waals surface area contributed by atoms with Gasteiger partial charge in [-0.1, -0.05) is 6.42 Å². The minimum absolute atomic E-state index is 0.0258. The van der Waals surface area contributed by atoms with Crippen LogP contribution in [-0.2, 0) is 6.54 Å². The van der Waals surface area contributed by atoms with Crippen LogP contribution in [0.15, 0.2) is 12.3 Å². The lowest BCUT2D eigenvalue weighted by Gasteiger charge is -2.23. The van der Waals surface area contributed by atoms with E-state index in [1.54, 1.807) is 12.3 Å². The molecule has 0 amide bonds. The predicted molar refractivity (Wildman–Crippen MR) is 89.4 cm³/mol. The van der Waals surface area contributed by atoms with E-state index in [-0.39, 0.29) is 11.4 Å². The van der Waals surface area contributed by atoms with Gasteiger partial charge < -0.3 is 10.6 Å². The number of anilines is 1.